The average molecular weight is 328 g/mol. The van der Waals surface area contributed by atoms with Crippen LogP contribution >= 0.6 is 12.4 Å². The minimum Gasteiger partial charge on any atom is -0.303 e. The Hall–Kier alpha value is -1.31. The van der Waals surface area contributed by atoms with Crippen LogP contribution in [0.5, 0.6) is 0 Å². The van der Waals surface area contributed by atoms with Gasteiger partial charge in [0.25, 0.3) is 0 Å². The zero-order valence-electron chi connectivity index (χ0n) is 13.7. The van der Waals surface area contributed by atoms with E-state index in [9.17, 15) is 0 Å². The molecule has 3 saturated heterocycles. The van der Waals surface area contributed by atoms with Gasteiger partial charge < -0.3 is 4.90 Å². The number of nitrogens with zero attached hydrogens (tertiary/aromatic N) is 1. The molecule has 1 unspecified atom stereocenters. The van der Waals surface area contributed by atoms with Crippen LogP contribution < -0.4 is 0 Å². The third kappa shape index (κ3) is 3.79. The van der Waals surface area contributed by atoms with Gasteiger partial charge in [0.1, 0.15) is 0 Å². The van der Waals surface area contributed by atoms with Crippen LogP contribution in [-0.2, 0) is 6.42 Å². The molecule has 0 amide bonds. The summed E-state index contributed by atoms with van der Waals surface area (Å²) in [5, 5.41) is 0. The van der Waals surface area contributed by atoms with Gasteiger partial charge >= 0.3 is 0 Å². The first-order valence-corrected chi connectivity index (χ1v) is 8.75. The molecule has 0 aliphatic carbocycles. The highest BCUT2D eigenvalue weighted by atomic mass is 35.5. The largest absolute Gasteiger partial charge is 0.303 e. The van der Waals surface area contributed by atoms with Crippen LogP contribution in [0.25, 0.3) is 11.1 Å². The van der Waals surface area contributed by atoms with Crippen molar-refractivity contribution in [2.24, 2.45) is 11.8 Å². The van der Waals surface area contributed by atoms with Crippen LogP contribution in [-0.4, -0.2) is 24.5 Å². The van der Waals surface area contributed by atoms with Gasteiger partial charge in [-0.05, 0) is 67.3 Å². The highest BCUT2D eigenvalue weighted by Crippen LogP contribution is 2.35. The summed E-state index contributed by atoms with van der Waals surface area (Å²) < 4.78 is 0. The lowest BCUT2D eigenvalue weighted by Crippen LogP contribution is -2.47. The Morgan fingerprint density at radius 2 is 1.48 bits per heavy atom. The molecule has 0 aromatic heterocycles. The van der Waals surface area contributed by atoms with E-state index in [-0.39, 0.29) is 12.4 Å². The smallest absolute Gasteiger partial charge is 0.00124 e. The molecule has 1 nitrogen and oxygen atoms in total. The number of piperidine rings is 3. The Labute approximate surface area is 146 Å². The van der Waals surface area contributed by atoms with Crippen LogP contribution in [0, 0.1) is 11.8 Å². The van der Waals surface area contributed by atoms with E-state index in [1.807, 2.05) is 0 Å². The molecule has 3 fully saturated rings. The van der Waals surface area contributed by atoms with Gasteiger partial charge in [0.05, 0.1) is 0 Å². The number of aryl methyl sites for hydroxylation is 1. The van der Waals surface area contributed by atoms with Gasteiger partial charge in [-0.15, -0.1) is 12.4 Å². The summed E-state index contributed by atoms with van der Waals surface area (Å²) in [5.41, 5.74) is 4.13. The highest BCUT2D eigenvalue weighted by Gasteiger charge is 2.33. The summed E-state index contributed by atoms with van der Waals surface area (Å²) in [5.74, 6) is 1.95. The van der Waals surface area contributed by atoms with Crippen molar-refractivity contribution < 1.29 is 0 Å². The molecule has 3 heterocycles. The first kappa shape index (κ1) is 16.5. The van der Waals surface area contributed by atoms with Gasteiger partial charge in [-0.3, -0.25) is 0 Å². The van der Waals surface area contributed by atoms with E-state index in [4.69, 9.17) is 0 Å². The number of benzene rings is 2. The fourth-order valence-corrected chi connectivity index (χ4v) is 4.26. The third-order valence-corrected chi connectivity index (χ3v) is 5.66. The second-order valence-corrected chi connectivity index (χ2v) is 7.00. The standard InChI is InChI=1S/C21H25N.ClH/c1-2-4-18(5-3-1)19-9-6-17(7-10-19)8-11-21-16-22-14-12-20(21)13-15-22;/h1-7,9-10,20-21H,8,11-16H2;1H. The Bertz CT molecular complexity index is 599. The van der Waals surface area contributed by atoms with E-state index >= 15 is 0 Å². The van der Waals surface area contributed by atoms with E-state index < -0.39 is 0 Å². The highest BCUT2D eigenvalue weighted by molar-refractivity contribution is 5.85. The minimum atomic E-state index is 0. The quantitative estimate of drug-likeness (QED) is 0.759. The summed E-state index contributed by atoms with van der Waals surface area (Å²) in [6.07, 6.45) is 5.49. The fourth-order valence-electron chi connectivity index (χ4n) is 4.26. The van der Waals surface area contributed by atoms with Gasteiger partial charge in [-0.25, -0.2) is 0 Å². The Morgan fingerprint density at radius 1 is 0.826 bits per heavy atom. The van der Waals surface area contributed by atoms with Crippen LogP contribution in [0.2, 0.25) is 0 Å². The summed E-state index contributed by atoms with van der Waals surface area (Å²) in [7, 11) is 0. The maximum absolute atomic E-state index is 2.67. The van der Waals surface area contributed by atoms with Gasteiger partial charge in [0.15, 0.2) is 0 Å². The number of halogens is 1. The van der Waals surface area contributed by atoms with E-state index in [0.717, 1.165) is 11.8 Å². The van der Waals surface area contributed by atoms with Crippen molar-refractivity contribution in [3.05, 3.63) is 60.2 Å². The van der Waals surface area contributed by atoms with Crippen molar-refractivity contribution >= 4 is 12.4 Å². The molecule has 2 bridgehead atoms. The zero-order valence-corrected chi connectivity index (χ0v) is 14.5. The van der Waals surface area contributed by atoms with Crippen molar-refractivity contribution in [1.29, 1.82) is 0 Å². The van der Waals surface area contributed by atoms with Gasteiger partial charge in [-0.2, -0.15) is 0 Å². The summed E-state index contributed by atoms with van der Waals surface area (Å²) >= 11 is 0. The van der Waals surface area contributed by atoms with Crippen LogP contribution in [0.3, 0.4) is 0 Å². The molecule has 0 radical (unpaired) electrons. The maximum Gasteiger partial charge on any atom is 0.00124 e. The molecule has 2 aromatic carbocycles. The monoisotopic (exact) mass is 327 g/mol. The van der Waals surface area contributed by atoms with Crippen LogP contribution in [0.4, 0.5) is 0 Å². The molecule has 5 rings (SSSR count). The molecule has 0 saturated carbocycles. The lowest BCUT2D eigenvalue weighted by Gasteiger charge is -2.45. The lowest BCUT2D eigenvalue weighted by atomic mass is 9.76. The Morgan fingerprint density at radius 3 is 2.09 bits per heavy atom. The van der Waals surface area contributed by atoms with E-state index in [0.29, 0.717) is 0 Å². The SMILES string of the molecule is Cl.c1ccc(-c2ccc(CCC3CN4CCC3CC4)cc2)cc1. The second-order valence-electron chi connectivity index (χ2n) is 7.00. The third-order valence-electron chi connectivity index (χ3n) is 5.66. The molecule has 0 N–H and O–H groups in total. The van der Waals surface area contributed by atoms with Crippen LogP contribution in [0.1, 0.15) is 24.8 Å². The van der Waals surface area contributed by atoms with Crippen molar-refractivity contribution in [1.82, 2.24) is 4.90 Å². The van der Waals surface area contributed by atoms with Gasteiger partial charge in [0, 0.05) is 6.54 Å². The van der Waals surface area contributed by atoms with E-state index in [1.165, 1.54) is 62.0 Å². The molecule has 1 atom stereocenters. The van der Waals surface area contributed by atoms with E-state index in [1.54, 1.807) is 0 Å². The predicted molar refractivity (Wildman–Crippen MR) is 100 cm³/mol. The zero-order chi connectivity index (χ0) is 14.8. The summed E-state index contributed by atoms with van der Waals surface area (Å²) in [6, 6.07) is 19.9. The fraction of sp³-hybridized carbons (Fsp3) is 0.429. The Kier molecular flexibility index (Phi) is 5.40. The van der Waals surface area contributed by atoms with Crippen molar-refractivity contribution in [2.45, 2.75) is 25.7 Å². The molecule has 0 spiro atoms. The van der Waals surface area contributed by atoms with Crippen molar-refractivity contribution in [3.8, 4) is 11.1 Å². The topological polar surface area (TPSA) is 3.24 Å². The molecule has 23 heavy (non-hydrogen) atoms. The first-order valence-electron chi connectivity index (χ1n) is 8.75. The Balaban J connectivity index is 0.00000156. The number of rotatable bonds is 4. The van der Waals surface area contributed by atoms with E-state index in [2.05, 4.69) is 59.5 Å². The lowest BCUT2D eigenvalue weighted by molar-refractivity contribution is 0.0469. The average Bonchev–Trinajstić information content (AvgIpc) is 2.62. The van der Waals surface area contributed by atoms with Gasteiger partial charge in [-0.1, -0.05) is 54.6 Å². The minimum absolute atomic E-state index is 0. The van der Waals surface area contributed by atoms with Crippen LogP contribution in [0.15, 0.2) is 54.6 Å². The summed E-state index contributed by atoms with van der Waals surface area (Å²) in [4.78, 5) is 2.67. The molecular formula is C21H26ClN. The van der Waals surface area contributed by atoms with Crippen molar-refractivity contribution in [3.63, 3.8) is 0 Å². The second kappa shape index (κ2) is 7.51. The molecular weight excluding hydrogens is 302 g/mol. The van der Waals surface area contributed by atoms with Crippen molar-refractivity contribution in [2.75, 3.05) is 19.6 Å². The predicted octanol–water partition coefficient (Wildman–Crippen LogP) is 5.05. The number of hydrogen-bond acceptors (Lipinski definition) is 1. The number of hydrogen-bond donors (Lipinski definition) is 0. The molecule has 2 heteroatoms. The number of fused-ring (bicyclic) bond motifs is 3. The molecule has 3 aliphatic rings. The molecule has 122 valence electrons. The molecule has 3 aliphatic heterocycles. The first-order chi connectivity index (χ1) is 10.9. The normalized spacial score (nSPS) is 25.8. The maximum atomic E-state index is 2.67. The van der Waals surface area contributed by atoms with Gasteiger partial charge in [0.2, 0.25) is 0 Å². The molecule has 2 aromatic rings. The summed E-state index contributed by atoms with van der Waals surface area (Å²) in [6.45, 7) is 4.06.